The van der Waals surface area contributed by atoms with Gasteiger partial charge in [0, 0.05) is 7.11 Å². The molecule has 1 rings (SSSR count). The van der Waals surface area contributed by atoms with Gasteiger partial charge in [-0.2, -0.15) is 0 Å². The Kier molecular flexibility index (Phi) is 2.86. The lowest BCUT2D eigenvalue weighted by molar-refractivity contribution is -0.170. The number of hydrogen-bond donors (Lipinski definition) is 3. The molecule has 0 aromatic carbocycles. The number of aliphatic hydroxyl groups is 2. The summed E-state index contributed by atoms with van der Waals surface area (Å²) in [6.45, 7) is -0.518. The van der Waals surface area contributed by atoms with Gasteiger partial charge >= 0.3 is 0 Å². The third-order valence-electron chi connectivity index (χ3n) is 1.72. The Morgan fingerprint density at radius 3 is 2.77 bits per heavy atom. The fourth-order valence-corrected chi connectivity index (χ4v) is 0.999. The normalized spacial score (nSPS) is 29.5. The molecule has 74 valence electrons. The van der Waals surface area contributed by atoms with E-state index in [4.69, 9.17) is 20.3 Å². The van der Waals surface area contributed by atoms with Gasteiger partial charge < -0.3 is 25.4 Å². The number of Topliss-reactive ketones (excluding diaryl/α,β-unsaturated/α-hetero) is 1. The SMILES string of the molecule is CO[C@@H]1O[C@@H](CO)C(=O)C(O)=C1N. The maximum absolute atomic E-state index is 11.1. The third-order valence-corrected chi connectivity index (χ3v) is 1.72. The van der Waals surface area contributed by atoms with Crippen molar-refractivity contribution < 1.29 is 24.5 Å². The number of rotatable bonds is 2. The Morgan fingerprint density at radius 2 is 2.31 bits per heavy atom. The molecule has 13 heavy (non-hydrogen) atoms. The van der Waals surface area contributed by atoms with Crippen LogP contribution in [0.1, 0.15) is 0 Å². The number of carbonyl (C=O) groups excluding carboxylic acids is 1. The van der Waals surface area contributed by atoms with E-state index in [2.05, 4.69) is 0 Å². The molecular weight excluding hydrogens is 178 g/mol. The topological polar surface area (TPSA) is 102 Å². The number of methoxy groups -OCH3 is 1. The number of ether oxygens (including phenoxy) is 2. The molecule has 4 N–H and O–H groups in total. The van der Waals surface area contributed by atoms with Crippen molar-refractivity contribution >= 4 is 5.78 Å². The Balaban J connectivity index is 2.93. The van der Waals surface area contributed by atoms with Gasteiger partial charge in [-0.25, -0.2) is 0 Å². The molecule has 0 unspecified atom stereocenters. The summed E-state index contributed by atoms with van der Waals surface area (Å²) < 4.78 is 9.64. The highest BCUT2D eigenvalue weighted by Crippen LogP contribution is 2.18. The van der Waals surface area contributed by atoms with E-state index < -0.39 is 30.5 Å². The third kappa shape index (κ3) is 1.64. The van der Waals surface area contributed by atoms with Crippen LogP contribution in [0.15, 0.2) is 11.5 Å². The van der Waals surface area contributed by atoms with Gasteiger partial charge in [0.05, 0.1) is 6.61 Å². The minimum atomic E-state index is -1.10. The molecule has 1 aliphatic rings. The van der Waals surface area contributed by atoms with E-state index in [1.165, 1.54) is 7.11 Å². The molecule has 0 saturated heterocycles. The van der Waals surface area contributed by atoms with Crippen molar-refractivity contribution in [1.82, 2.24) is 0 Å². The first-order valence-electron chi connectivity index (χ1n) is 3.63. The molecule has 0 fully saturated rings. The molecule has 0 aromatic heterocycles. The molecule has 1 aliphatic heterocycles. The van der Waals surface area contributed by atoms with Gasteiger partial charge in [-0.1, -0.05) is 0 Å². The Bertz CT molecular complexity index is 249. The van der Waals surface area contributed by atoms with Crippen molar-refractivity contribution in [3.63, 3.8) is 0 Å². The van der Waals surface area contributed by atoms with Gasteiger partial charge in [-0.05, 0) is 0 Å². The second kappa shape index (κ2) is 3.73. The van der Waals surface area contributed by atoms with Crippen LogP contribution >= 0.6 is 0 Å². The predicted octanol–water partition coefficient (Wildman–Crippen LogP) is -1.35. The van der Waals surface area contributed by atoms with Gasteiger partial charge in [0.15, 0.2) is 11.9 Å². The van der Waals surface area contributed by atoms with Crippen LogP contribution in [-0.4, -0.2) is 42.1 Å². The first kappa shape index (κ1) is 9.97. The molecular formula is C7H11NO5. The van der Waals surface area contributed by atoms with Crippen molar-refractivity contribution in [3.05, 3.63) is 11.5 Å². The summed E-state index contributed by atoms with van der Waals surface area (Å²) in [7, 11) is 1.31. The largest absolute Gasteiger partial charge is 0.503 e. The number of ketones is 1. The van der Waals surface area contributed by atoms with Gasteiger partial charge in [0.1, 0.15) is 5.70 Å². The highest BCUT2D eigenvalue weighted by molar-refractivity contribution is 5.98. The molecule has 0 radical (unpaired) electrons. The Hall–Kier alpha value is -1.11. The number of aliphatic hydroxyl groups excluding tert-OH is 2. The number of hydrogen-bond acceptors (Lipinski definition) is 6. The van der Waals surface area contributed by atoms with E-state index >= 15 is 0 Å². The Morgan fingerprint density at radius 1 is 1.69 bits per heavy atom. The van der Waals surface area contributed by atoms with E-state index in [0.717, 1.165) is 0 Å². The average Bonchev–Trinajstić information content (AvgIpc) is 2.15. The van der Waals surface area contributed by atoms with Gasteiger partial charge in [0.25, 0.3) is 0 Å². The smallest absolute Gasteiger partial charge is 0.230 e. The summed E-state index contributed by atoms with van der Waals surface area (Å²) in [6, 6.07) is 0. The van der Waals surface area contributed by atoms with Gasteiger partial charge in [-0.15, -0.1) is 0 Å². The van der Waals surface area contributed by atoms with E-state index in [1.54, 1.807) is 0 Å². The van der Waals surface area contributed by atoms with E-state index in [1.807, 2.05) is 0 Å². The molecule has 0 aromatic rings. The van der Waals surface area contributed by atoms with Crippen molar-refractivity contribution in [2.75, 3.05) is 13.7 Å². The van der Waals surface area contributed by atoms with Gasteiger partial charge in [0.2, 0.25) is 12.1 Å². The van der Waals surface area contributed by atoms with Crippen LogP contribution in [0.2, 0.25) is 0 Å². The summed E-state index contributed by atoms with van der Waals surface area (Å²) in [5.74, 6) is -1.33. The summed E-state index contributed by atoms with van der Waals surface area (Å²) in [6.07, 6.45) is -2.08. The maximum Gasteiger partial charge on any atom is 0.230 e. The molecule has 0 saturated carbocycles. The number of nitrogens with two attached hydrogens (primary N) is 1. The zero-order valence-electron chi connectivity index (χ0n) is 7.06. The quantitative estimate of drug-likeness (QED) is 0.496. The van der Waals surface area contributed by atoms with Crippen LogP contribution in [0, 0.1) is 0 Å². The van der Waals surface area contributed by atoms with Crippen molar-refractivity contribution in [2.45, 2.75) is 12.4 Å². The summed E-state index contributed by atoms with van der Waals surface area (Å²) in [4.78, 5) is 11.1. The highest BCUT2D eigenvalue weighted by Gasteiger charge is 2.35. The second-order valence-electron chi connectivity index (χ2n) is 2.54. The van der Waals surface area contributed by atoms with E-state index in [0.29, 0.717) is 0 Å². The molecule has 2 atom stereocenters. The monoisotopic (exact) mass is 189 g/mol. The highest BCUT2D eigenvalue weighted by atomic mass is 16.7. The number of carbonyl (C=O) groups is 1. The summed E-state index contributed by atoms with van der Waals surface area (Å²) in [5, 5.41) is 17.9. The molecule has 6 nitrogen and oxygen atoms in total. The molecule has 6 heteroatoms. The molecule has 0 aliphatic carbocycles. The van der Waals surface area contributed by atoms with Crippen LogP contribution in [-0.2, 0) is 14.3 Å². The van der Waals surface area contributed by atoms with Gasteiger partial charge in [-0.3, -0.25) is 4.79 Å². The van der Waals surface area contributed by atoms with Crippen LogP contribution in [0.5, 0.6) is 0 Å². The minimum Gasteiger partial charge on any atom is -0.503 e. The lowest BCUT2D eigenvalue weighted by atomic mass is 10.1. The lowest BCUT2D eigenvalue weighted by Crippen LogP contribution is -2.43. The molecule has 0 bridgehead atoms. The molecule has 0 spiro atoms. The zero-order chi connectivity index (χ0) is 10.0. The fraction of sp³-hybridized carbons (Fsp3) is 0.571. The van der Waals surface area contributed by atoms with Crippen LogP contribution in [0.4, 0.5) is 0 Å². The predicted molar refractivity (Wildman–Crippen MR) is 41.6 cm³/mol. The Labute approximate surface area is 74.6 Å². The average molecular weight is 189 g/mol. The maximum atomic E-state index is 11.1. The second-order valence-corrected chi connectivity index (χ2v) is 2.54. The molecule has 0 amide bonds. The standard InChI is InChI=1S/C7H11NO5/c1-12-7-4(8)6(11)5(10)3(2-9)13-7/h3,7,9,11H,2,8H2,1H3/t3-,7+/m0/s1. The molecule has 1 heterocycles. The first-order valence-corrected chi connectivity index (χ1v) is 3.63. The van der Waals surface area contributed by atoms with E-state index in [-0.39, 0.29) is 5.70 Å². The van der Waals surface area contributed by atoms with Crippen LogP contribution in [0.25, 0.3) is 0 Å². The van der Waals surface area contributed by atoms with Crippen LogP contribution in [0.3, 0.4) is 0 Å². The van der Waals surface area contributed by atoms with Crippen molar-refractivity contribution in [2.24, 2.45) is 5.73 Å². The van der Waals surface area contributed by atoms with Crippen molar-refractivity contribution in [1.29, 1.82) is 0 Å². The van der Waals surface area contributed by atoms with E-state index in [9.17, 15) is 9.90 Å². The van der Waals surface area contributed by atoms with Crippen molar-refractivity contribution in [3.8, 4) is 0 Å². The zero-order valence-corrected chi connectivity index (χ0v) is 7.06. The fourth-order valence-electron chi connectivity index (χ4n) is 0.999. The van der Waals surface area contributed by atoms with Crippen LogP contribution < -0.4 is 5.73 Å². The minimum absolute atomic E-state index is 0.169. The first-order chi connectivity index (χ1) is 6.11. The summed E-state index contributed by atoms with van der Waals surface area (Å²) >= 11 is 0. The summed E-state index contributed by atoms with van der Waals surface area (Å²) in [5.41, 5.74) is 5.15. The lowest BCUT2D eigenvalue weighted by Gasteiger charge is -2.26.